The molecule has 0 spiro atoms. The summed E-state index contributed by atoms with van der Waals surface area (Å²) in [4.78, 5) is 9.47. The smallest absolute Gasteiger partial charge is 0.154 e. The van der Waals surface area contributed by atoms with E-state index in [-0.39, 0.29) is 13.2 Å². The SMILES string of the molecule is Cc1cc(-c2cc(-c3cccc(CCCCO)n3)cc3c2cnn3-c2cccc(CO)n2)nn1C. The van der Waals surface area contributed by atoms with Gasteiger partial charge in [0.1, 0.15) is 0 Å². The van der Waals surface area contributed by atoms with E-state index < -0.39 is 0 Å². The van der Waals surface area contributed by atoms with Gasteiger partial charge in [-0.25, -0.2) is 9.67 Å². The van der Waals surface area contributed by atoms with Crippen molar-refractivity contribution >= 4 is 10.9 Å². The van der Waals surface area contributed by atoms with Crippen LogP contribution in [0.25, 0.3) is 39.2 Å². The van der Waals surface area contributed by atoms with Crippen LogP contribution < -0.4 is 0 Å². The zero-order valence-electron chi connectivity index (χ0n) is 19.9. The molecule has 0 unspecified atom stereocenters. The van der Waals surface area contributed by atoms with Crippen LogP contribution in [0.15, 0.2) is 60.8 Å². The fourth-order valence-electron chi connectivity index (χ4n) is 4.23. The van der Waals surface area contributed by atoms with Gasteiger partial charge in [0.05, 0.1) is 35.4 Å². The van der Waals surface area contributed by atoms with Crippen LogP contribution in [0.4, 0.5) is 0 Å². The lowest BCUT2D eigenvalue weighted by atomic mass is 10.0. The fraction of sp³-hybridized carbons (Fsp3) is 0.259. The highest BCUT2D eigenvalue weighted by Gasteiger charge is 2.17. The zero-order valence-corrected chi connectivity index (χ0v) is 19.9. The maximum Gasteiger partial charge on any atom is 0.154 e. The highest BCUT2D eigenvalue weighted by atomic mass is 16.3. The van der Waals surface area contributed by atoms with Gasteiger partial charge in [-0.15, -0.1) is 0 Å². The van der Waals surface area contributed by atoms with Gasteiger partial charge < -0.3 is 10.2 Å². The Morgan fingerprint density at radius 1 is 0.886 bits per heavy atom. The lowest BCUT2D eigenvalue weighted by molar-refractivity contribution is 0.276. The lowest BCUT2D eigenvalue weighted by Crippen LogP contribution is -2.02. The summed E-state index contributed by atoms with van der Waals surface area (Å²) in [5.41, 5.74) is 7.19. The van der Waals surface area contributed by atoms with Gasteiger partial charge in [0, 0.05) is 41.6 Å². The maximum atomic E-state index is 9.57. The van der Waals surface area contributed by atoms with Gasteiger partial charge in [-0.05, 0) is 68.7 Å². The van der Waals surface area contributed by atoms with Gasteiger partial charge in [-0.3, -0.25) is 9.67 Å². The Hall–Kier alpha value is -3.88. The second-order valence-electron chi connectivity index (χ2n) is 8.65. The van der Waals surface area contributed by atoms with Crippen molar-refractivity contribution in [3.05, 3.63) is 77.9 Å². The summed E-state index contributed by atoms with van der Waals surface area (Å²) in [6, 6.07) is 17.9. The minimum absolute atomic E-state index is 0.135. The molecule has 8 heteroatoms. The molecule has 0 fully saturated rings. The monoisotopic (exact) mass is 468 g/mol. The van der Waals surface area contributed by atoms with Crippen molar-refractivity contribution in [1.82, 2.24) is 29.5 Å². The molecule has 35 heavy (non-hydrogen) atoms. The minimum Gasteiger partial charge on any atom is -0.396 e. The van der Waals surface area contributed by atoms with Crippen molar-refractivity contribution in [1.29, 1.82) is 0 Å². The van der Waals surface area contributed by atoms with Crippen molar-refractivity contribution in [2.45, 2.75) is 32.8 Å². The molecule has 0 aliphatic rings. The third-order valence-corrected chi connectivity index (χ3v) is 6.19. The molecule has 0 atom stereocenters. The van der Waals surface area contributed by atoms with Gasteiger partial charge >= 0.3 is 0 Å². The fourth-order valence-corrected chi connectivity index (χ4v) is 4.23. The summed E-state index contributed by atoms with van der Waals surface area (Å²) in [6.45, 7) is 2.09. The van der Waals surface area contributed by atoms with E-state index in [1.165, 1.54) is 0 Å². The molecule has 0 saturated heterocycles. The van der Waals surface area contributed by atoms with Gasteiger partial charge in [0.15, 0.2) is 5.82 Å². The van der Waals surface area contributed by atoms with E-state index in [2.05, 4.69) is 28.3 Å². The summed E-state index contributed by atoms with van der Waals surface area (Å²) >= 11 is 0. The first-order chi connectivity index (χ1) is 17.1. The number of unbranched alkanes of at least 4 members (excludes halogenated alkanes) is 1. The molecule has 4 aromatic heterocycles. The van der Waals surface area contributed by atoms with Crippen LogP contribution in [0.5, 0.6) is 0 Å². The highest BCUT2D eigenvalue weighted by molar-refractivity contribution is 5.97. The molecule has 0 saturated carbocycles. The molecule has 0 amide bonds. The molecule has 5 aromatic rings. The average molecular weight is 469 g/mol. The summed E-state index contributed by atoms with van der Waals surface area (Å²) in [6.07, 6.45) is 4.31. The zero-order chi connectivity index (χ0) is 24.4. The van der Waals surface area contributed by atoms with E-state index in [1.807, 2.05) is 55.2 Å². The third kappa shape index (κ3) is 4.58. The first-order valence-electron chi connectivity index (χ1n) is 11.7. The topological polar surface area (TPSA) is 102 Å². The molecule has 0 bridgehead atoms. The molecule has 0 radical (unpaired) electrons. The predicted octanol–water partition coefficient (Wildman–Crippen LogP) is 4.00. The van der Waals surface area contributed by atoms with E-state index in [1.54, 1.807) is 10.7 Å². The number of aromatic nitrogens is 6. The number of rotatable bonds is 8. The van der Waals surface area contributed by atoms with E-state index in [0.29, 0.717) is 11.5 Å². The van der Waals surface area contributed by atoms with Crippen LogP contribution >= 0.6 is 0 Å². The van der Waals surface area contributed by atoms with Crippen LogP contribution in [0.1, 0.15) is 29.9 Å². The number of aliphatic hydroxyl groups is 2. The van der Waals surface area contributed by atoms with Crippen molar-refractivity contribution < 1.29 is 10.2 Å². The van der Waals surface area contributed by atoms with Crippen LogP contribution in [0.3, 0.4) is 0 Å². The molecule has 0 aliphatic heterocycles. The summed E-state index contributed by atoms with van der Waals surface area (Å²) in [5, 5.41) is 29.0. The number of hydrogen-bond acceptors (Lipinski definition) is 6. The van der Waals surface area contributed by atoms with E-state index in [9.17, 15) is 5.11 Å². The second-order valence-corrected chi connectivity index (χ2v) is 8.65. The van der Waals surface area contributed by atoms with Crippen molar-refractivity contribution in [3.63, 3.8) is 0 Å². The number of aliphatic hydroxyl groups excluding tert-OH is 2. The van der Waals surface area contributed by atoms with Crippen LogP contribution in [-0.2, 0) is 20.1 Å². The molecule has 4 heterocycles. The lowest BCUT2D eigenvalue weighted by Gasteiger charge is -2.10. The Morgan fingerprint density at radius 3 is 2.49 bits per heavy atom. The third-order valence-electron chi connectivity index (χ3n) is 6.19. The van der Waals surface area contributed by atoms with Gasteiger partial charge in [0.25, 0.3) is 0 Å². The maximum absolute atomic E-state index is 9.57. The molecule has 2 N–H and O–H groups in total. The Balaban J connectivity index is 1.69. The second kappa shape index (κ2) is 9.77. The van der Waals surface area contributed by atoms with Crippen molar-refractivity contribution in [2.75, 3.05) is 6.61 Å². The van der Waals surface area contributed by atoms with Crippen LogP contribution in [0, 0.1) is 6.92 Å². The van der Waals surface area contributed by atoms with Crippen molar-refractivity contribution in [3.8, 4) is 28.3 Å². The summed E-state index contributed by atoms with van der Waals surface area (Å²) in [7, 11) is 1.94. The molecule has 1 aromatic carbocycles. The quantitative estimate of drug-likeness (QED) is 0.334. The molecular formula is C27H28N6O2. The number of hydrogen-bond donors (Lipinski definition) is 2. The van der Waals surface area contributed by atoms with E-state index in [0.717, 1.165) is 64.1 Å². The average Bonchev–Trinajstić information content (AvgIpc) is 3.46. The molecule has 8 nitrogen and oxygen atoms in total. The molecule has 0 aliphatic carbocycles. The van der Waals surface area contributed by atoms with Gasteiger partial charge in [-0.1, -0.05) is 12.1 Å². The first kappa shape index (κ1) is 22.9. The molecule has 178 valence electrons. The number of aryl methyl sites for hydroxylation is 3. The first-order valence-corrected chi connectivity index (χ1v) is 11.7. The van der Waals surface area contributed by atoms with Crippen molar-refractivity contribution in [2.24, 2.45) is 7.05 Å². The van der Waals surface area contributed by atoms with E-state index >= 15 is 0 Å². The van der Waals surface area contributed by atoms with Crippen LogP contribution in [0.2, 0.25) is 0 Å². The number of nitrogens with zero attached hydrogens (tertiary/aromatic N) is 6. The predicted molar refractivity (Wildman–Crippen MR) is 135 cm³/mol. The summed E-state index contributed by atoms with van der Waals surface area (Å²) in [5.74, 6) is 0.637. The van der Waals surface area contributed by atoms with Gasteiger partial charge in [-0.2, -0.15) is 10.2 Å². The summed E-state index contributed by atoms with van der Waals surface area (Å²) < 4.78 is 3.66. The minimum atomic E-state index is -0.135. The number of benzene rings is 1. The van der Waals surface area contributed by atoms with Gasteiger partial charge in [0.2, 0.25) is 0 Å². The Kier molecular flexibility index (Phi) is 6.39. The Labute approximate surface area is 203 Å². The van der Waals surface area contributed by atoms with Crippen LogP contribution in [-0.4, -0.2) is 46.3 Å². The standard InChI is InChI=1S/C27H28N6O2/c1-18-13-25(31-32(18)2)22-14-19(24-10-5-8-20(29-24)7-3-4-12-34)15-26-23(22)16-28-33(26)27-11-6-9-21(17-35)30-27/h5-6,8-11,13-16,34-35H,3-4,7,12,17H2,1-2H3. The Morgan fingerprint density at radius 2 is 1.71 bits per heavy atom. The highest BCUT2D eigenvalue weighted by Crippen LogP contribution is 2.34. The largest absolute Gasteiger partial charge is 0.396 e. The molecular weight excluding hydrogens is 440 g/mol. The number of pyridine rings is 2. The van der Waals surface area contributed by atoms with E-state index in [4.69, 9.17) is 15.2 Å². The number of fused-ring (bicyclic) bond motifs is 1. The molecule has 5 rings (SSSR count). The Bertz CT molecular complexity index is 1470. The normalized spacial score (nSPS) is 11.4.